The van der Waals surface area contributed by atoms with Crippen LogP contribution in [-0.4, -0.2) is 20.5 Å². The molecule has 1 aromatic heterocycles. The van der Waals surface area contributed by atoms with Gasteiger partial charge in [0.1, 0.15) is 4.34 Å². The van der Waals surface area contributed by atoms with Crippen LogP contribution in [0.4, 0.5) is 0 Å². The molecule has 0 spiro atoms. The Labute approximate surface area is 111 Å². The maximum atomic E-state index is 11.8. The summed E-state index contributed by atoms with van der Waals surface area (Å²) in [5, 5.41) is 0. The summed E-state index contributed by atoms with van der Waals surface area (Å²) >= 11 is 12.7. The number of halogens is 2. The summed E-state index contributed by atoms with van der Waals surface area (Å²) in [5.74, 6) is -0.238. The van der Waals surface area contributed by atoms with E-state index in [0.717, 1.165) is 11.3 Å². The number of ketones is 1. The molecule has 0 aliphatic carbocycles. The highest BCUT2D eigenvalue weighted by atomic mass is 35.5. The van der Waals surface area contributed by atoms with Gasteiger partial charge in [0.15, 0.2) is 5.78 Å². The normalized spacial score (nSPS) is 13.8. The van der Waals surface area contributed by atoms with Crippen LogP contribution in [0.2, 0.25) is 8.67 Å². The van der Waals surface area contributed by atoms with E-state index < -0.39 is 15.5 Å². The van der Waals surface area contributed by atoms with Gasteiger partial charge < -0.3 is 0 Å². The Bertz CT molecular complexity index is 433. The van der Waals surface area contributed by atoms with E-state index in [1.807, 2.05) is 20.8 Å². The third kappa shape index (κ3) is 3.55. The van der Waals surface area contributed by atoms with Crippen LogP contribution in [0.25, 0.3) is 0 Å². The van der Waals surface area contributed by atoms with Gasteiger partial charge in [0.25, 0.3) is 0 Å². The second-order valence-electron chi connectivity index (χ2n) is 4.26. The van der Waals surface area contributed by atoms with Gasteiger partial charge in [-0.1, -0.05) is 23.2 Å². The molecule has 0 aromatic carbocycles. The second-order valence-corrected chi connectivity index (χ2v) is 8.75. The zero-order chi connectivity index (χ0) is 12.5. The predicted molar refractivity (Wildman–Crippen MR) is 71.4 cm³/mol. The maximum Gasteiger partial charge on any atom is 0.177 e. The van der Waals surface area contributed by atoms with Crippen molar-refractivity contribution >= 4 is 51.1 Å². The molecule has 0 amide bonds. The van der Waals surface area contributed by atoms with Crippen molar-refractivity contribution in [3.63, 3.8) is 0 Å². The minimum atomic E-state index is -1.21. The largest absolute Gasteiger partial charge is 0.293 e. The Kier molecular flexibility index (Phi) is 4.57. The summed E-state index contributed by atoms with van der Waals surface area (Å²) in [6.45, 7) is 5.50. The Morgan fingerprint density at radius 3 is 2.38 bits per heavy atom. The first-order valence-electron chi connectivity index (χ1n) is 4.58. The van der Waals surface area contributed by atoms with Crippen molar-refractivity contribution in [2.75, 3.05) is 5.75 Å². The van der Waals surface area contributed by atoms with Gasteiger partial charge in [-0.2, -0.15) is 0 Å². The Hall–Kier alpha value is 0.1000. The van der Waals surface area contributed by atoms with Crippen molar-refractivity contribution in [2.45, 2.75) is 25.5 Å². The van der Waals surface area contributed by atoms with Crippen molar-refractivity contribution in [3.05, 3.63) is 20.3 Å². The first kappa shape index (κ1) is 14.2. The van der Waals surface area contributed by atoms with Crippen LogP contribution in [0.1, 0.15) is 31.1 Å². The number of Topliss-reactive ketones (excluding diaryl/α,β-unsaturated/α-hetero) is 1. The summed E-state index contributed by atoms with van der Waals surface area (Å²) in [6.07, 6.45) is 0. The average molecular weight is 299 g/mol. The molecule has 1 aromatic rings. The predicted octanol–water partition coefficient (Wildman–Crippen LogP) is 3.78. The molecule has 0 N–H and O–H groups in total. The molecule has 0 saturated heterocycles. The fourth-order valence-corrected chi connectivity index (χ4v) is 3.27. The van der Waals surface area contributed by atoms with Gasteiger partial charge in [-0.25, -0.2) is 0 Å². The van der Waals surface area contributed by atoms with Crippen LogP contribution in [0.3, 0.4) is 0 Å². The highest BCUT2D eigenvalue weighted by Gasteiger charge is 2.24. The molecule has 0 saturated carbocycles. The molecule has 16 heavy (non-hydrogen) atoms. The zero-order valence-electron chi connectivity index (χ0n) is 9.17. The van der Waals surface area contributed by atoms with Crippen LogP contribution in [0, 0.1) is 0 Å². The van der Waals surface area contributed by atoms with Crippen LogP contribution < -0.4 is 0 Å². The molecule has 1 unspecified atom stereocenters. The maximum absolute atomic E-state index is 11.8. The summed E-state index contributed by atoms with van der Waals surface area (Å²) in [7, 11) is -1.21. The molecule has 0 aliphatic heterocycles. The van der Waals surface area contributed by atoms with Crippen LogP contribution in [-0.2, 0) is 10.8 Å². The van der Waals surface area contributed by atoms with Gasteiger partial charge in [-0.3, -0.25) is 9.00 Å². The first-order chi connectivity index (χ1) is 7.21. The fourth-order valence-electron chi connectivity index (χ4n) is 0.944. The van der Waals surface area contributed by atoms with Crippen LogP contribution >= 0.6 is 34.5 Å². The summed E-state index contributed by atoms with van der Waals surface area (Å²) in [4.78, 5) is 11.8. The molecule has 0 aliphatic rings. The average Bonchev–Trinajstić information content (AvgIpc) is 2.43. The van der Waals surface area contributed by atoms with E-state index in [0.29, 0.717) is 14.2 Å². The Morgan fingerprint density at radius 2 is 2.00 bits per heavy atom. The Balaban J connectivity index is 2.81. The summed E-state index contributed by atoms with van der Waals surface area (Å²) < 4.78 is 12.2. The zero-order valence-corrected chi connectivity index (χ0v) is 12.3. The van der Waals surface area contributed by atoms with Crippen LogP contribution in [0.5, 0.6) is 0 Å². The number of carbonyl (C=O) groups is 1. The first-order valence-corrected chi connectivity index (χ1v) is 7.47. The molecule has 90 valence electrons. The quantitative estimate of drug-likeness (QED) is 0.796. The van der Waals surface area contributed by atoms with Gasteiger partial charge in [0, 0.05) is 21.1 Å². The number of hydrogen-bond donors (Lipinski definition) is 0. The molecule has 1 atom stereocenters. The van der Waals surface area contributed by atoms with Crippen molar-refractivity contribution in [1.82, 2.24) is 0 Å². The third-order valence-corrected chi connectivity index (χ3v) is 5.28. The highest BCUT2D eigenvalue weighted by molar-refractivity contribution is 7.87. The summed E-state index contributed by atoms with van der Waals surface area (Å²) in [5.41, 5.74) is 0.370. The molecule has 6 heteroatoms. The lowest BCUT2D eigenvalue weighted by Gasteiger charge is -2.16. The highest BCUT2D eigenvalue weighted by Crippen LogP contribution is 2.31. The molecule has 0 bridgehead atoms. The number of hydrogen-bond acceptors (Lipinski definition) is 3. The van der Waals surface area contributed by atoms with E-state index in [1.165, 1.54) is 6.07 Å². The van der Waals surface area contributed by atoms with Gasteiger partial charge in [0.2, 0.25) is 0 Å². The molecule has 0 radical (unpaired) electrons. The smallest absolute Gasteiger partial charge is 0.177 e. The SMILES string of the molecule is CC(C)(C)S(=O)CC(=O)c1cc(Cl)sc1Cl. The van der Waals surface area contributed by atoms with E-state index in [4.69, 9.17) is 23.2 Å². The van der Waals surface area contributed by atoms with Gasteiger partial charge in [0.05, 0.1) is 10.1 Å². The molecular formula is C10H12Cl2O2S2. The fraction of sp³-hybridized carbons (Fsp3) is 0.500. The van der Waals surface area contributed by atoms with Gasteiger partial charge in [-0.05, 0) is 26.8 Å². The number of rotatable bonds is 3. The lowest BCUT2D eigenvalue weighted by Crippen LogP contribution is -2.27. The van der Waals surface area contributed by atoms with E-state index in [9.17, 15) is 9.00 Å². The standard InChI is InChI=1S/C10H12Cl2O2S2/c1-10(2,3)16(14)5-7(13)6-4-8(11)15-9(6)12/h4H,5H2,1-3H3. The minimum Gasteiger partial charge on any atom is -0.293 e. The molecule has 2 nitrogen and oxygen atoms in total. The number of carbonyl (C=O) groups excluding carboxylic acids is 1. The van der Waals surface area contributed by atoms with Gasteiger partial charge in [-0.15, -0.1) is 11.3 Å². The Morgan fingerprint density at radius 1 is 1.44 bits per heavy atom. The molecule has 1 heterocycles. The minimum absolute atomic E-state index is 0.0176. The third-order valence-electron chi connectivity index (χ3n) is 1.90. The summed E-state index contributed by atoms with van der Waals surface area (Å²) in [6, 6.07) is 1.52. The number of thiophene rings is 1. The van der Waals surface area contributed by atoms with Crippen molar-refractivity contribution < 1.29 is 9.00 Å². The van der Waals surface area contributed by atoms with Crippen molar-refractivity contribution in [2.24, 2.45) is 0 Å². The van der Waals surface area contributed by atoms with E-state index in [-0.39, 0.29) is 11.5 Å². The van der Waals surface area contributed by atoms with Crippen molar-refractivity contribution in [3.8, 4) is 0 Å². The monoisotopic (exact) mass is 298 g/mol. The second kappa shape index (κ2) is 5.17. The lowest BCUT2D eigenvalue weighted by atomic mass is 10.2. The van der Waals surface area contributed by atoms with Crippen molar-refractivity contribution in [1.29, 1.82) is 0 Å². The lowest BCUT2D eigenvalue weighted by molar-refractivity contribution is 0.102. The molecule has 0 fully saturated rings. The molecular weight excluding hydrogens is 287 g/mol. The molecule has 1 rings (SSSR count). The van der Waals surface area contributed by atoms with Crippen LogP contribution in [0.15, 0.2) is 6.07 Å². The van der Waals surface area contributed by atoms with Gasteiger partial charge >= 0.3 is 0 Å². The topological polar surface area (TPSA) is 34.1 Å². The van der Waals surface area contributed by atoms with E-state index in [1.54, 1.807) is 0 Å². The van der Waals surface area contributed by atoms with E-state index in [2.05, 4.69) is 0 Å². The van der Waals surface area contributed by atoms with E-state index >= 15 is 0 Å².